The van der Waals surface area contributed by atoms with Crippen LogP contribution in [0, 0.1) is 6.92 Å². The molecule has 0 N–H and O–H groups in total. The van der Waals surface area contributed by atoms with E-state index in [9.17, 15) is 8.42 Å². The Labute approximate surface area is 163 Å². The SMILES string of the molecule is Cc1ccc(S(=O)(=O)c2cc(-c3ccccc3)ccc2-c2cccs2)cc1. The highest BCUT2D eigenvalue weighted by atomic mass is 32.2. The zero-order chi connectivity index (χ0) is 18.9. The molecule has 1 aromatic heterocycles. The van der Waals surface area contributed by atoms with Gasteiger partial charge in [0.05, 0.1) is 9.79 Å². The topological polar surface area (TPSA) is 34.1 Å². The van der Waals surface area contributed by atoms with Gasteiger partial charge in [0.25, 0.3) is 0 Å². The number of sulfone groups is 1. The van der Waals surface area contributed by atoms with Gasteiger partial charge < -0.3 is 0 Å². The quantitative estimate of drug-likeness (QED) is 0.414. The van der Waals surface area contributed by atoms with Gasteiger partial charge in [-0.2, -0.15) is 0 Å². The van der Waals surface area contributed by atoms with Crippen LogP contribution in [0.3, 0.4) is 0 Å². The molecule has 0 fully saturated rings. The van der Waals surface area contributed by atoms with Crippen LogP contribution in [0.4, 0.5) is 0 Å². The third-order valence-corrected chi connectivity index (χ3v) is 7.21. The third kappa shape index (κ3) is 3.46. The summed E-state index contributed by atoms with van der Waals surface area (Å²) in [5.74, 6) is 0. The van der Waals surface area contributed by atoms with Gasteiger partial charge in [-0.1, -0.05) is 66.2 Å². The molecule has 134 valence electrons. The standard InChI is InChI=1S/C23H18O2S2/c1-17-9-12-20(13-10-17)27(24,25)23-16-19(18-6-3-2-4-7-18)11-14-21(23)22-8-5-15-26-22/h2-16H,1H3. The van der Waals surface area contributed by atoms with Crippen molar-refractivity contribution in [1.29, 1.82) is 0 Å². The van der Waals surface area contributed by atoms with Crippen LogP contribution in [0.5, 0.6) is 0 Å². The van der Waals surface area contributed by atoms with Crippen molar-refractivity contribution in [2.75, 3.05) is 0 Å². The molecule has 0 radical (unpaired) electrons. The van der Waals surface area contributed by atoms with Gasteiger partial charge in [0.1, 0.15) is 0 Å². The van der Waals surface area contributed by atoms with Crippen molar-refractivity contribution in [1.82, 2.24) is 0 Å². The second kappa shape index (κ2) is 7.14. The van der Waals surface area contributed by atoms with Gasteiger partial charge in [-0.15, -0.1) is 11.3 Å². The van der Waals surface area contributed by atoms with Crippen LogP contribution in [0.2, 0.25) is 0 Å². The van der Waals surface area contributed by atoms with Crippen molar-refractivity contribution in [3.8, 4) is 21.6 Å². The van der Waals surface area contributed by atoms with Gasteiger partial charge in [0.15, 0.2) is 0 Å². The molecule has 0 bridgehead atoms. The van der Waals surface area contributed by atoms with Crippen LogP contribution in [-0.2, 0) is 9.84 Å². The summed E-state index contributed by atoms with van der Waals surface area (Å²) < 4.78 is 26.9. The summed E-state index contributed by atoms with van der Waals surface area (Å²) in [6.45, 7) is 1.95. The molecule has 0 spiro atoms. The van der Waals surface area contributed by atoms with E-state index < -0.39 is 9.84 Å². The summed E-state index contributed by atoms with van der Waals surface area (Å²) in [6.07, 6.45) is 0. The summed E-state index contributed by atoms with van der Waals surface area (Å²) in [6, 6.07) is 26.4. The zero-order valence-corrected chi connectivity index (χ0v) is 16.4. The molecule has 0 atom stereocenters. The predicted octanol–water partition coefficient (Wildman–Crippen LogP) is 6.22. The van der Waals surface area contributed by atoms with Crippen molar-refractivity contribution in [2.24, 2.45) is 0 Å². The highest BCUT2D eigenvalue weighted by Crippen LogP contribution is 2.36. The summed E-state index contributed by atoms with van der Waals surface area (Å²) in [7, 11) is -3.64. The lowest BCUT2D eigenvalue weighted by Crippen LogP contribution is -2.04. The Morgan fingerprint density at radius 3 is 2.15 bits per heavy atom. The molecule has 0 saturated carbocycles. The van der Waals surface area contributed by atoms with Crippen molar-refractivity contribution in [2.45, 2.75) is 16.7 Å². The van der Waals surface area contributed by atoms with Gasteiger partial charge in [0.2, 0.25) is 9.84 Å². The maximum atomic E-state index is 13.4. The molecular formula is C23H18O2S2. The molecule has 4 aromatic rings. The molecule has 4 heteroatoms. The summed E-state index contributed by atoms with van der Waals surface area (Å²) in [4.78, 5) is 1.60. The number of rotatable bonds is 4. The van der Waals surface area contributed by atoms with Gasteiger partial charge in [0, 0.05) is 10.4 Å². The Hall–Kier alpha value is -2.69. The van der Waals surface area contributed by atoms with Gasteiger partial charge >= 0.3 is 0 Å². The van der Waals surface area contributed by atoms with Gasteiger partial charge in [-0.25, -0.2) is 8.42 Å². The fraction of sp³-hybridized carbons (Fsp3) is 0.0435. The molecule has 2 nitrogen and oxygen atoms in total. The van der Waals surface area contributed by atoms with Crippen LogP contribution < -0.4 is 0 Å². The Morgan fingerprint density at radius 2 is 1.48 bits per heavy atom. The molecular weight excluding hydrogens is 372 g/mol. The van der Waals surface area contributed by atoms with Crippen LogP contribution in [-0.4, -0.2) is 8.42 Å². The van der Waals surface area contributed by atoms with Crippen LogP contribution >= 0.6 is 11.3 Å². The Kier molecular flexibility index (Phi) is 4.68. The van der Waals surface area contributed by atoms with E-state index in [0.29, 0.717) is 9.79 Å². The zero-order valence-electron chi connectivity index (χ0n) is 14.8. The van der Waals surface area contributed by atoms with E-state index in [1.54, 1.807) is 29.5 Å². The molecule has 0 saturated heterocycles. The van der Waals surface area contributed by atoms with Crippen LogP contribution in [0.25, 0.3) is 21.6 Å². The lowest BCUT2D eigenvalue weighted by Gasteiger charge is -2.12. The molecule has 4 rings (SSSR count). The minimum Gasteiger partial charge on any atom is -0.218 e. The highest BCUT2D eigenvalue weighted by molar-refractivity contribution is 7.91. The Bertz CT molecular complexity index is 1160. The number of aryl methyl sites for hydroxylation is 1. The number of hydrogen-bond donors (Lipinski definition) is 0. The molecule has 0 aliphatic carbocycles. The van der Waals surface area contributed by atoms with Crippen molar-refractivity contribution in [3.05, 3.63) is 95.9 Å². The average Bonchev–Trinajstić information content (AvgIpc) is 3.23. The number of thiophene rings is 1. The fourth-order valence-electron chi connectivity index (χ4n) is 3.03. The number of hydrogen-bond acceptors (Lipinski definition) is 3. The summed E-state index contributed by atoms with van der Waals surface area (Å²) >= 11 is 1.54. The smallest absolute Gasteiger partial charge is 0.207 e. The van der Waals surface area contributed by atoms with Crippen molar-refractivity contribution < 1.29 is 8.42 Å². The normalized spacial score (nSPS) is 11.4. The van der Waals surface area contributed by atoms with E-state index in [4.69, 9.17) is 0 Å². The fourth-order valence-corrected chi connectivity index (χ4v) is 5.36. The maximum absolute atomic E-state index is 13.4. The molecule has 0 aliphatic rings. The largest absolute Gasteiger partial charge is 0.218 e. The first-order valence-electron chi connectivity index (χ1n) is 8.61. The van der Waals surface area contributed by atoms with E-state index in [0.717, 1.165) is 27.1 Å². The van der Waals surface area contributed by atoms with E-state index in [2.05, 4.69) is 0 Å². The van der Waals surface area contributed by atoms with Gasteiger partial charge in [-0.05, 0) is 47.7 Å². The first-order chi connectivity index (χ1) is 13.1. The maximum Gasteiger partial charge on any atom is 0.207 e. The first-order valence-corrected chi connectivity index (χ1v) is 11.0. The third-order valence-electron chi connectivity index (χ3n) is 4.50. The van der Waals surface area contributed by atoms with Crippen LogP contribution in [0.15, 0.2) is 100 Å². The van der Waals surface area contributed by atoms with Crippen molar-refractivity contribution >= 4 is 21.2 Å². The molecule has 0 aliphatic heterocycles. The van der Waals surface area contributed by atoms with Crippen LogP contribution in [0.1, 0.15) is 5.56 Å². The minimum atomic E-state index is -3.64. The lowest BCUT2D eigenvalue weighted by atomic mass is 10.0. The average molecular weight is 391 g/mol. The second-order valence-electron chi connectivity index (χ2n) is 6.37. The summed E-state index contributed by atoms with van der Waals surface area (Å²) in [5.41, 5.74) is 3.66. The Balaban J connectivity index is 1.94. The molecule has 0 unspecified atom stereocenters. The second-order valence-corrected chi connectivity index (χ2v) is 9.24. The lowest BCUT2D eigenvalue weighted by molar-refractivity contribution is 0.596. The van der Waals surface area contributed by atoms with Gasteiger partial charge in [-0.3, -0.25) is 0 Å². The Morgan fingerprint density at radius 1 is 0.741 bits per heavy atom. The predicted molar refractivity (Wildman–Crippen MR) is 112 cm³/mol. The number of benzene rings is 3. The van der Waals surface area contributed by atoms with E-state index in [-0.39, 0.29) is 0 Å². The monoisotopic (exact) mass is 390 g/mol. The molecule has 0 amide bonds. The van der Waals surface area contributed by atoms with Crippen molar-refractivity contribution in [3.63, 3.8) is 0 Å². The van der Waals surface area contributed by atoms with E-state index in [1.807, 2.05) is 79.0 Å². The summed E-state index contributed by atoms with van der Waals surface area (Å²) in [5, 5.41) is 1.96. The molecule has 27 heavy (non-hydrogen) atoms. The van der Waals surface area contributed by atoms with E-state index >= 15 is 0 Å². The minimum absolute atomic E-state index is 0.316. The molecule has 1 heterocycles. The first kappa shape index (κ1) is 17.7. The van der Waals surface area contributed by atoms with E-state index in [1.165, 1.54) is 0 Å². The molecule has 3 aromatic carbocycles. The highest BCUT2D eigenvalue weighted by Gasteiger charge is 2.23.